The Hall–Kier alpha value is -2.25. The van der Waals surface area contributed by atoms with Gasteiger partial charge in [0.05, 0.1) is 37.1 Å². The quantitative estimate of drug-likeness (QED) is 0.796. The normalized spacial score (nSPS) is 10.3. The maximum absolute atomic E-state index is 12.1. The van der Waals surface area contributed by atoms with E-state index < -0.39 is 11.9 Å². The van der Waals surface area contributed by atoms with Crippen molar-refractivity contribution in [3.63, 3.8) is 0 Å². The number of nitrogens with zero attached hydrogens (tertiary/aromatic N) is 4. The fourth-order valence-electron chi connectivity index (χ4n) is 1.43. The van der Waals surface area contributed by atoms with Crippen molar-refractivity contribution in [2.75, 3.05) is 7.11 Å². The molecule has 140 valence electrons. The third-order valence-electron chi connectivity index (χ3n) is 2.79. The minimum atomic E-state index is -4.40. The van der Waals surface area contributed by atoms with Gasteiger partial charge in [-0.3, -0.25) is 9.97 Å². The molecule has 0 aliphatic carbocycles. The van der Waals surface area contributed by atoms with Crippen LogP contribution >= 0.6 is 0 Å². The van der Waals surface area contributed by atoms with Gasteiger partial charge in [-0.2, -0.15) is 13.2 Å². The van der Waals surface area contributed by atoms with Crippen molar-refractivity contribution < 1.29 is 17.9 Å². The second-order valence-electron chi connectivity index (χ2n) is 4.89. The Balaban J connectivity index is 0.000000430. The lowest BCUT2D eigenvalue weighted by Gasteiger charge is -2.08. The molecule has 0 N–H and O–H groups in total. The molecule has 2 aromatic heterocycles. The first-order chi connectivity index (χ1) is 11.8. The van der Waals surface area contributed by atoms with E-state index in [2.05, 4.69) is 19.9 Å². The number of methoxy groups -OCH3 is 1. The monoisotopic (exact) mass is 358 g/mol. The minimum absolute atomic E-state index is 0.0465. The van der Waals surface area contributed by atoms with Gasteiger partial charge in [0, 0.05) is 6.20 Å². The summed E-state index contributed by atoms with van der Waals surface area (Å²) in [6.45, 7) is 9.57. The first-order valence-electron chi connectivity index (χ1n) is 8.02. The number of rotatable bonds is 3. The molecule has 0 saturated heterocycles. The highest BCUT2D eigenvalue weighted by molar-refractivity contribution is 5.09. The van der Waals surface area contributed by atoms with Gasteiger partial charge in [0.2, 0.25) is 5.88 Å². The van der Waals surface area contributed by atoms with Crippen LogP contribution in [0.2, 0.25) is 0 Å². The molecule has 0 spiro atoms. The van der Waals surface area contributed by atoms with Gasteiger partial charge in [-0.1, -0.05) is 34.6 Å². The second-order valence-corrected chi connectivity index (χ2v) is 4.89. The molecule has 0 aliphatic heterocycles. The van der Waals surface area contributed by atoms with Crippen molar-refractivity contribution in [1.82, 2.24) is 19.9 Å². The van der Waals surface area contributed by atoms with Crippen molar-refractivity contribution >= 4 is 0 Å². The van der Waals surface area contributed by atoms with Crippen LogP contribution in [0.3, 0.4) is 0 Å². The SMILES string of the molecule is CC.CC(C)c1cncc(C(F)(F)F)n1.CCc1cnc(OC)cn1. The number of aromatic nitrogens is 4. The molecule has 0 unspecified atom stereocenters. The number of hydrogen-bond acceptors (Lipinski definition) is 5. The molecule has 2 heterocycles. The van der Waals surface area contributed by atoms with Crippen molar-refractivity contribution in [3.05, 3.63) is 41.9 Å². The van der Waals surface area contributed by atoms with E-state index >= 15 is 0 Å². The zero-order valence-corrected chi connectivity index (χ0v) is 15.4. The molecular formula is C17H25F3N4O. The summed E-state index contributed by atoms with van der Waals surface area (Å²) in [5.74, 6) is 0.520. The third-order valence-corrected chi connectivity index (χ3v) is 2.79. The average Bonchev–Trinajstić information content (AvgIpc) is 2.63. The average molecular weight is 358 g/mol. The highest BCUT2D eigenvalue weighted by atomic mass is 19.4. The number of hydrogen-bond donors (Lipinski definition) is 0. The van der Waals surface area contributed by atoms with E-state index in [1.54, 1.807) is 33.4 Å². The Bertz CT molecular complexity index is 579. The maximum Gasteiger partial charge on any atom is 0.434 e. The van der Waals surface area contributed by atoms with Crippen LogP contribution < -0.4 is 4.74 Å². The highest BCUT2D eigenvalue weighted by Crippen LogP contribution is 2.27. The maximum atomic E-state index is 12.1. The first-order valence-corrected chi connectivity index (χ1v) is 8.02. The zero-order valence-electron chi connectivity index (χ0n) is 15.4. The number of ether oxygens (including phenoxy) is 1. The third kappa shape index (κ3) is 8.42. The Kier molecular flexibility index (Phi) is 10.3. The topological polar surface area (TPSA) is 60.8 Å². The van der Waals surface area contributed by atoms with E-state index in [1.807, 2.05) is 20.8 Å². The van der Waals surface area contributed by atoms with Crippen LogP contribution in [0, 0.1) is 0 Å². The van der Waals surface area contributed by atoms with Crippen LogP contribution in [0.4, 0.5) is 13.2 Å². The molecule has 0 fully saturated rings. The molecule has 2 rings (SSSR count). The lowest BCUT2D eigenvalue weighted by molar-refractivity contribution is -0.141. The second kappa shape index (κ2) is 11.3. The van der Waals surface area contributed by atoms with Crippen molar-refractivity contribution in [2.24, 2.45) is 0 Å². The molecule has 0 amide bonds. The van der Waals surface area contributed by atoms with Crippen LogP contribution in [-0.2, 0) is 12.6 Å². The zero-order chi connectivity index (χ0) is 19.5. The molecule has 0 aliphatic rings. The lowest BCUT2D eigenvalue weighted by Crippen LogP contribution is -2.10. The van der Waals surface area contributed by atoms with Gasteiger partial charge < -0.3 is 4.74 Å². The van der Waals surface area contributed by atoms with Gasteiger partial charge in [0.15, 0.2) is 5.69 Å². The molecule has 0 radical (unpaired) electrons. The molecule has 0 saturated carbocycles. The van der Waals surface area contributed by atoms with Crippen LogP contribution in [0.25, 0.3) is 0 Å². The Labute approximate surface area is 146 Å². The van der Waals surface area contributed by atoms with E-state index in [1.165, 1.54) is 6.20 Å². The predicted molar refractivity (Wildman–Crippen MR) is 90.4 cm³/mol. The number of aryl methyl sites for hydroxylation is 1. The number of halogens is 3. The van der Waals surface area contributed by atoms with Crippen molar-refractivity contribution in [2.45, 2.75) is 53.1 Å². The van der Waals surface area contributed by atoms with E-state index in [-0.39, 0.29) is 5.92 Å². The summed E-state index contributed by atoms with van der Waals surface area (Å²) < 4.78 is 41.2. The molecule has 2 aromatic rings. The fraction of sp³-hybridized carbons (Fsp3) is 0.529. The summed E-state index contributed by atoms with van der Waals surface area (Å²) in [4.78, 5) is 15.0. The molecule has 5 nitrogen and oxygen atoms in total. The van der Waals surface area contributed by atoms with Gasteiger partial charge in [-0.25, -0.2) is 9.97 Å². The smallest absolute Gasteiger partial charge is 0.434 e. The predicted octanol–water partition coefficient (Wildman–Crippen LogP) is 4.69. The summed E-state index contributed by atoms with van der Waals surface area (Å²) in [5, 5.41) is 0. The van der Waals surface area contributed by atoms with Crippen molar-refractivity contribution in [1.29, 1.82) is 0 Å². The van der Waals surface area contributed by atoms with Crippen LogP contribution in [0.5, 0.6) is 5.88 Å². The Morgan fingerprint density at radius 1 is 1.04 bits per heavy atom. The summed E-state index contributed by atoms with van der Waals surface area (Å²) in [7, 11) is 1.58. The standard InChI is InChI=1S/C8H9F3N2.C7H10N2O.C2H6/c1-5(2)6-3-12-4-7(13-6)8(9,10)11;1-3-6-4-9-7(10-2)5-8-6;1-2/h3-5H,1-2H3;4-5H,3H2,1-2H3;1-2H3. The molecule has 0 atom stereocenters. The Morgan fingerprint density at radius 2 is 1.68 bits per heavy atom. The van der Waals surface area contributed by atoms with E-state index in [4.69, 9.17) is 4.74 Å². The molecule has 0 bridgehead atoms. The van der Waals surface area contributed by atoms with Crippen LogP contribution in [0.15, 0.2) is 24.8 Å². The first kappa shape index (κ1) is 22.8. The van der Waals surface area contributed by atoms with Crippen LogP contribution in [0.1, 0.15) is 57.6 Å². The minimum Gasteiger partial charge on any atom is -0.480 e. The van der Waals surface area contributed by atoms with Gasteiger partial charge in [-0.15, -0.1) is 0 Å². The summed E-state index contributed by atoms with van der Waals surface area (Å²) >= 11 is 0. The summed E-state index contributed by atoms with van der Waals surface area (Å²) in [5.41, 5.74) is 0.411. The molecular weight excluding hydrogens is 333 g/mol. The van der Waals surface area contributed by atoms with Crippen molar-refractivity contribution in [3.8, 4) is 5.88 Å². The number of alkyl halides is 3. The largest absolute Gasteiger partial charge is 0.480 e. The molecule has 25 heavy (non-hydrogen) atoms. The summed E-state index contributed by atoms with van der Waals surface area (Å²) in [6.07, 6.45) is 1.93. The van der Waals surface area contributed by atoms with Crippen LogP contribution in [-0.4, -0.2) is 27.0 Å². The highest BCUT2D eigenvalue weighted by Gasteiger charge is 2.33. The van der Waals surface area contributed by atoms with E-state index in [9.17, 15) is 13.2 Å². The van der Waals surface area contributed by atoms with Gasteiger partial charge >= 0.3 is 6.18 Å². The molecule has 0 aromatic carbocycles. The van der Waals surface area contributed by atoms with Gasteiger partial charge in [-0.05, 0) is 12.3 Å². The molecule has 8 heteroatoms. The van der Waals surface area contributed by atoms with Gasteiger partial charge in [0.1, 0.15) is 0 Å². The Morgan fingerprint density at radius 3 is 2.08 bits per heavy atom. The van der Waals surface area contributed by atoms with E-state index in [0.717, 1.165) is 18.3 Å². The summed E-state index contributed by atoms with van der Waals surface area (Å²) in [6, 6.07) is 0. The van der Waals surface area contributed by atoms with E-state index in [0.29, 0.717) is 11.6 Å². The van der Waals surface area contributed by atoms with Gasteiger partial charge in [0.25, 0.3) is 0 Å². The lowest BCUT2D eigenvalue weighted by atomic mass is 10.1. The fourth-order valence-corrected chi connectivity index (χ4v) is 1.43.